The Labute approximate surface area is 150 Å². The molecule has 126 valence electrons. The zero-order valence-electron chi connectivity index (χ0n) is 13.9. The molecule has 0 spiro atoms. The summed E-state index contributed by atoms with van der Waals surface area (Å²) in [4.78, 5) is 24.1. The van der Waals surface area contributed by atoms with E-state index in [9.17, 15) is 9.59 Å². The van der Waals surface area contributed by atoms with E-state index in [1.165, 1.54) is 0 Å². The lowest BCUT2D eigenvalue weighted by Gasteiger charge is -2.14. The number of carbonyl (C=O) groups is 2. The largest absolute Gasteiger partial charge is 0.452 e. The number of hydrogen-bond donors (Lipinski definition) is 1. The Bertz CT molecular complexity index is 741. The van der Waals surface area contributed by atoms with E-state index in [0.29, 0.717) is 5.69 Å². The van der Waals surface area contributed by atoms with Crippen molar-refractivity contribution in [2.75, 3.05) is 5.32 Å². The standard InChI is InChI=1S/C19H20BrNO3/c1-12-4-7-15(8-5-12)11-18(22)24-14(3)19(23)21-17-9-6-13(2)10-16(17)20/h4-10,14H,11H2,1-3H3,(H,21,23)/t14-/m1/s1. The molecular formula is C19H20BrNO3. The first kappa shape index (κ1) is 18.2. The molecule has 0 unspecified atom stereocenters. The van der Waals surface area contributed by atoms with Gasteiger partial charge in [-0.2, -0.15) is 0 Å². The summed E-state index contributed by atoms with van der Waals surface area (Å²) in [6, 6.07) is 13.2. The third-order valence-corrected chi connectivity index (χ3v) is 4.19. The fraction of sp³-hybridized carbons (Fsp3) is 0.263. The smallest absolute Gasteiger partial charge is 0.311 e. The van der Waals surface area contributed by atoms with Gasteiger partial charge in [0.2, 0.25) is 0 Å². The van der Waals surface area contributed by atoms with Crippen LogP contribution in [0.3, 0.4) is 0 Å². The number of amides is 1. The van der Waals surface area contributed by atoms with Gasteiger partial charge in [0, 0.05) is 4.47 Å². The van der Waals surface area contributed by atoms with Crippen molar-refractivity contribution in [2.24, 2.45) is 0 Å². The Morgan fingerprint density at radius 3 is 2.33 bits per heavy atom. The van der Waals surface area contributed by atoms with E-state index in [4.69, 9.17) is 4.74 Å². The molecule has 2 aromatic carbocycles. The van der Waals surface area contributed by atoms with Crippen LogP contribution in [0.1, 0.15) is 23.6 Å². The van der Waals surface area contributed by atoms with Crippen molar-refractivity contribution in [2.45, 2.75) is 33.3 Å². The minimum absolute atomic E-state index is 0.145. The number of hydrogen-bond acceptors (Lipinski definition) is 3. The van der Waals surface area contributed by atoms with Gasteiger partial charge in [-0.05, 0) is 60.0 Å². The molecule has 0 aliphatic rings. The molecule has 2 rings (SSSR count). The van der Waals surface area contributed by atoms with Crippen molar-refractivity contribution in [1.29, 1.82) is 0 Å². The minimum Gasteiger partial charge on any atom is -0.452 e. The number of anilines is 1. The molecule has 1 atom stereocenters. The van der Waals surface area contributed by atoms with Crippen molar-refractivity contribution in [3.05, 3.63) is 63.6 Å². The van der Waals surface area contributed by atoms with E-state index in [2.05, 4.69) is 21.2 Å². The molecule has 0 aromatic heterocycles. The molecule has 0 saturated heterocycles. The highest BCUT2D eigenvalue weighted by Crippen LogP contribution is 2.23. The zero-order valence-corrected chi connectivity index (χ0v) is 15.5. The molecule has 0 radical (unpaired) electrons. The Balaban J connectivity index is 1.90. The minimum atomic E-state index is -0.865. The van der Waals surface area contributed by atoms with Crippen LogP contribution >= 0.6 is 15.9 Å². The number of halogens is 1. The van der Waals surface area contributed by atoms with Gasteiger partial charge in [0.25, 0.3) is 5.91 Å². The fourth-order valence-electron chi connectivity index (χ4n) is 2.12. The fourth-order valence-corrected chi connectivity index (χ4v) is 2.71. The number of rotatable bonds is 5. The van der Waals surface area contributed by atoms with E-state index in [-0.39, 0.29) is 12.3 Å². The first-order chi connectivity index (χ1) is 11.3. The second-order valence-corrected chi connectivity index (χ2v) is 6.62. The van der Waals surface area contributed by atoms with Gasteiger partial charge in [0.05, 0.1) is 12.1 Å². The van der Waals surface area contributed by atoms with Crippen LogP contribution in [-0.2, 0) is 20.7 Å². The molecule has 0 bridgehead atoms. The number of carbonyl (C=O) groups excluding carboxylic acids is 2. The van der Waals surface area contributed by atoms with Gasteiger partial charge in [-0.1, -0.05) is 35.9 Å². The molecule has 2 aromatic rings. The Morgan fingerprint density at radius 2 is 1.71 bits per heavy atom. The van der Waals surface area contributed by atoms with Crippen LogP contribution in [-0.4, -0.2) is 18.0 Å². The number of benzene rings is 2. The molecular weight excluding hydrogens is 370 g/mol. The number of aryl methyl sites for hydroxylation is 2. The van der Waals surface area contributed by atoms with Crippen LogP contribution in [0, 0.1) is 13.8 Å². The molecule has 5 heteroatoms. The number of ether oxygens (including phenoxy) is 1. The maximum absolute atomic E-state index is 12.2. The van der Waals surface area contributed by atoms with Gasteiger partial charge < -0.3 is 10.1 Å². The Hall–Kier alpha value is -2.14. The highest BCUT2D eigenvalue weighted by molar-refractivity contribution is 9.10. The molecule has 4 nitrogen and oxygen atoms in total. The van der Waals surface area contributed by atoms with Gasteiger partial charge >= 0.3 is 5.97 Å². The van der Waals surface area contributed by atoms with Crippen LogP contribution in [0.4, 0.5) is 5.69 Å². The lowest BCUT2D eigenvalue weighted by molar-refractivity contribution is -0.152. The Morgan fingerprint density at radius 1 is 1.08 bits per heavy atom. The highest BCUT2D eigenvalue weighted by Gasteiger charge is 2.19. The van der Waals surface area contributed by atoms with Gasteiger partial charge in [-0.3, -0.25) is 9.59 Å². The van der Waals surface area contributed by atoms with E-state index in [1.807, 2.05) is 50.2 Å². The average Bonchev–Trinajstić information content (AvgIpc) is 2.52. The quantitative estimate of drug-likeness (QED) is 0.780. The summed E-state index contributed by atoms with van der Waals surface area (Å²) in [5.41, 5.74) is 3.72. The van der Waals surface area contributed by atoms with Crippen LogP contribution in [0.25, 0.3) is 0 Å². The molecule has 0 aliphatic heterocycles. The third kappa shape index (κ3) is 5.20. The summed E-state index contributed by atoms with van der Waals surface area (Å²) >= 11 is 3.40. The summed E-state index contributed by atoms with van der Waals surface area (Å²) in [5, 5.41) is 2.75. The van der Waals surface area contributed by atoms with E-state index in [1.54, 1.807) is 13.0 Å². The van der Waals surface area contributed by atoms with Crippen molar-refractivity contribution in [3.63, 3.8) is 0 Å². The second kappa shape index (κ2) is 8.11. The van der Waals surface area contributed by atoms with Gasteiger partial charge in [0.1, 0.15) is 0 Å². The van der Waals surface area contributed by atoms with Crippen molar-refractivity contribution in [1.82, 2.24) is 0 Å². The lowest BCUT2D eigenvalue weighted by Crippen LogP contribution is -2.30. The van der Waals surface area contributed by atoms with Crippen LogP contribution < -0.4 is 5.32 Å². The Kier molecular flexibility index (Phi) is 6.15. The summed E-state index contributed by atoms with van der Waals surface area (Å²) < 4.78 is 6.00. The van der Waals surface area contributed by atoms with Crippen molar-refractivity contribution in [3.8, 4) is 0 Å². The normalized spacial score (nSPS) is 11.7. The first-order valence-corrected chi connectivity index (χ1v) is 8.46. The molecule has 0 saturated carbocycles. The zero-order chi connectivity index (χ0) is 17.7. The number of nitrogens with one attached hydrogen (secondary N) is 1. The molecule has 24 heavy (non-hydrogen) atoms. The molecule has 0 aliphatic carbocycles. The summed E-state index contributed by atoms with van der Waals surface area (Å²) in [6.07, 6.45) is -0.720. The maximum Gasteiger partial charge on any atom is 0.311 e. The van der Waals surface area contributed by atoms with E-state index in [0.717, 1.165) is 21.2 Å². The van der Waals surface area contributed by atoms with Crippen LogP contribution in [0.5, 0.6) is 0 Å². The van der Waals surface area contributed by atoms with Crippen LogP contribution in [0.2, 0.25) is 0 Å². The summed E-state index contributed by atoms with van der Waals surface area (Å²) in [5.74, 6) is -0.790. The van der Waals surface area contributed by atoms with Gasteiger partial charge in [-0.25, -0.2) is 0 Å². The van der Waals surface area contributed by atoms with E-state index >= 15 is 0 Å². The van der Waals surface area contributed by atoms with E-state index < -0.39 is 12.1 Å². The second-order valence-electron chi connectivity index (χ2n) is 5.77. The predicted octanol–water partition coefficient (Wildman–Crippen LogP) is 4.18. The monoisotopic (exact) mass is 389 g/mol. The summed E-state index contributed by atoms with van der Waals surface area (Å²) in [6.45, 7) is 5.51. The van der Waals surface area contributed by atoms with Crippen LogP contribution in [0.15, 0.2) is 46.9 Å². The molecule has 1 N–H and O–H groups in total. The molecule has 1 amide bonds. The first-order valence-electron chi connectivity index (χ1n) is 7.67. The SMILES string of the molecule is Cc1ccc(CC(=O)O[C@H](C)C(=O)Nc2ccc(C)cc2Br)cc1. The molecule has 0 fully saturated rings. The highest BCUT2D eigenvalue weighted by atomic mass is 79.9. The maximum atomic E-state index is 12.2. The van der Waals surface area contributed by atoms with Gasteiger partial charge in [0.15, 0.2) is 6.10 Å². The topological polar surface area (TPSA) is 55.4 Å². The van der Waals surface area contributed by atoms with Crippen molar-refractivity contribution >= 4 is 33.5 Å². The predicted molar refractivity (Wildman–Crippen MR) is 97.9 cm³/mol. The molecule has 0 heterocycles. The lowest BCUT2D eigenvalue weighted by atomic mass is 10.1. The van der Waals surface area contributed by atoms with Crippen molar-refractivity contribution < 1.29 is 14.3 Å². The third-order valence-electron chi connectivity index (χ3n) is 3.53. The average molecular weight is 390 g/mol. The summed E-state index contributed by atoms with van der Waals surface area (Å²) in [7, 11) is 0. The van der Waals surface area contributed by atoms with Gasteiger partial charge in [-0.15, -0.1) is 0 Å². The number of esters is 1.